The number of alkyl halides is 3. The Morgan fingerprint density at radius 2 is 1.78 bits per heavy atom. The summed E-state index contributed by atoms with van der Waals surface area (Å²) in [7, 11) is 0. The maximum Gasteiger partial charge on any atom is 0.416 e. The van der Waals surface area contributed by atoms with Gasteiger partial charge in [0.1, 0.15) is 11.6 Å². The third-order valence-electron chi connectivity index (χ3n) is 6.12. The van der Waals surface area contributed by atoms with Crippen LogP contribution in [0.25, 0.3) is 17.0 Å². The zero-order valence-electron chi connectivity index (χ0n) is 20.3. The first-order valence-electron chi connectivity index (χ1n) is 12.0. The second kappa shape index (κ2) is 11.2. The molecule has 1 N–H and O–H groups in total. The Kier molecular flexibility index (Phi) is 7.78. The summed E-state index contributed by atoms with van der Waals surface area (Å²) in [6.45, 7) is 2.34. The minimum absolute atomic E-state index is 0.0722. The largest absolute Gasteiger partial charge is 0.416 e. The molecule has 0 atom stereocenters. The quantitative estimate of drug-likeness (QED) is 0.200. The van der Waals surface area contributed by atoms with E-state index in [0.29, 0.717) is 16.8 Å². The maximum atomic E-state index is 13.2. The van der Waals surface area contributed by atoms with Crippen molar-refractivity contribution in [2.45, 2.75) is 38.9 Å². The van der Waals surface area contributed by atoms with Gasteiger partial charge in [-0.25, -0.2) is 0 Å². The van der Waals surface area contributed by atoms with E-state index in [2.05, 4.69) is 12.2 Å². The number of hydrogen-bond donors (Lipinski definition) is 1. The van der Waals surface area contributed by atoms with Crippen molar-refractivity contribution >= 4 is 28.6 Å². The number of nitriles is 1. The highest BCUT2D eigenvalue weighted by Crippen LogP contribution is 2.30. The molecule has 1 amide bonds. The number of halogens is 3. The van der Waals surface area contributed by atoms with Crippen LogP contribution < -0.4 is 5.32 Å². The monoisotopic (exact) mass is 501 g/mol. The van der Waals surface area contributed by atoms with Gasteiger partial charge in [0.15, 0.2) is 0 Å². The molecule has 1 heterocycles. The molecule has 1 aromatic heterocycles. The Morgan fingerprint density at radius 3 is 2.49 bits per heavy atom. The Hall–Kier alpha value is -4.31. The van der Waals surface area contributed by atoms with E-state index in [1.807, 2.05) is 59.2 Å². The molecule has 0 radical (unpaired) electrons. The number of aryl methyl sites for hydroxylation is 1. The fourth-order valence-electron chi connectivity index (χ4n) is 4.20. The van der Waals surface area contributed by atoms with Gasteiger partial charge in [-0.1, -0.05) is 55.8 Å². The van der Waals surface area contributed by atoms with Crippen molar-refractivity contribution in [3.05, 3.63) is 107 Å². The molecule has 0 saturated heterocycles. The number of nitrogens with zero attached hydrogens (tertiary/aromatic N) is 2. The van der Waals surface area contributed by atoms with E-state index in [9.17, 15) is 23.2 Å². The number of carbonyl (C=O) groups is 1. The molecule has 0 saturated carbocycles. The fourth-order valence-corrected chi connectivity index (χ4v) is 4.20. The van der Waals surface area contributed by atoms with Crippen molar-refractivity contribution in [3.63, 3.8) is 0 Å². The zero-order chi connectivity index (χ0) is 26.4. The third kappa shape index (κ3) is 6.28. The fraction of sp³-hybridized carbons (Fsp3) is 0.200. The first-order valence-corrected chi connectivity index (χ1v) is 12.0. The van der Waals surface area contributed by atoms with E-state index in [4.69, 9.17) is 0 Å². The van der Waals surface area contributed by atoms with Crippen LogP contribution in [0.1, 0.15) is 42.0 Å². The molecular formula is C30H26F3N3O. The van der Waals surface area contributed by atoms with E-state index in [1.54, 1.807) is 12.3 Å². The van der Waals surface area contributed by atoms with Gasteiger partial charge in [0.05, 0.1) is 5.56 Å². The molecule has 0 bridgehead atoms. The minimum Gasteiger partial charge on any atom is -0.342 e. The van der Waals surface area contributed by atoms with Crippen molar-refractivity contribution in [1.29, 1.82) is 5.26 Å². The number of aromatic nitrogens is 1. The number of hydrogen-bond acceptors (Lipinski definition) is 2. The van der Waals surface area contributed by atoms with Crippen LogP contribution in [0.3, 0.4) is 0 Å². The average Bonchev–Trinajstić information content (AvgIpc) is 3.23. The van der Waals surface area contributed by atoms with Crippen molar-refractivity contribution in [2.75, 3.05) is 5.32 Å². The van der Waals surface area contributed by atoms with Gasteiger partial charge in [-0.2, -0.15) is 18.4 Å². The lowest BCUT2D eigenvalue weighted by Gasteiger charge is -2.10. The van der Waals surface area contributed by atoms with Crippen LogP contribution in [0.5, 0.6) is 0 Å². The first-order chi connectivity index (χ1) is 17.8. The van der Waals surface area contributed by atoms with Crippen LogP contribution in [-0.4, -0.2) is 10.5 Å². The van der Waals surface area contributed by atoms with Gasteiger partial charge in [0, 0.05) is 34.9 Å². The highest BCUT2D eigenvalue weighted by atomic mass is 19.4. The maximum absolute atomic E-state index is 13.2. The Balaban J connectivity index is 1.60. The molecule has 0 aliphatic carbocycles. The minimum atomic E-state index is -4.42. The van der Waals surface area contributed by atoms with Crippen LogP contribution in [0, 0.1) is 11.3 Å². The lowest BCUT2D eigenvalue weighted by molar-refractivity contribution is -0.137. The summed E-state index contributed by atoms with van der Waals surface area (Å²) in [5.41, 5.74) is 2.91. The summed E-state index contributed by atoms with van der Waals surface area (Å²) in [4.78, 5) is 12.9. The summed E-state index contributed by atoms with van der Waals surface area (Å²) < 4.78 is 41.3. The van der Waals surface area contributed by atoms with Crippen LogP contribution >= 0.6 is 0 Å². The summed E-state index contributed by atoms with van der Waals surface area (Å²) in [5, 5.41) is 13.3. The number of fused-ring (bicyclic) bond motifs is 1. The van der Waals surface area contributed by atoms with Crippen molar-refractivity contribution in [3.8, 4) is 6.07 Å². The van der Waals surface area contributed by atoms with Gasteiger partial charge in [0.2, 0.25) is 0 Å². The number of para-hydroxylation sites is 1. The van der Waals surface area contributed by atoms with E-state index in [0.717, 1.165) is 42.3 Å². The highest BCUT2D eigenvalue weighted by Gasteiger charge is 2.30. The van der Waals surface area contributed by atoms with Crippen molar-refractivity contribution in [1.82, 2.24) is 4.57 Å². The molecule has 188 valence electrons. The normalized spacial score (nSPS) is 11.9. The number of amides is 1. The van der Waals surface area contributed by atoms with E-state index in [1.165, 1.54) is 17.7 Å². The molecule has 0 fully saturated rings. The van der Waals surface area contributed by atoms with Gasteiger partial charge in [-0.3, -0.25) is 4.79 Å². The van der Waals surface area contributed by atoms with E-state index < -0.39 is 17.6 Å². The van der Waals surface area contributed by atoms with Gasteiger partial charge in [-0.15, -0.1) is 0 Å². The molecule has 0 aliphatic rings. The molecule has 0 aliphatic heterocycles. The Bertz CT molecular complexity index is 1470. The lowest BCUT2D eigenvalue weighted by atomic mass is 10.1. The number of rotatable bonds is 8. The van der Waals surface area contributed by atoms with E-state index in [-0.39, 0.29) is 12.1 Å². The summed E-state index contributed by atoms with van der Waals surface area (Å²) >= 11 is 0. The smallest absolute Gasteiger partial charge is 0.342 e. The third-order valence-corrected chi connectivity index (χ3v) is 6.12. The highest BCUT2D eigenvalue weighted by molar-refractivity contribution is 6.10. The van der Waals surface area contributed by atoms with Gasteiger partial charge < -0.3 is 9.88 Å². The summed E-state index contributed by atoms with van der Waals surface area (Å²) in [5.74, 6) is -0.529. The zero-order valence-corrected chi connectivity index (χ0v) is 20.3. The van der Waals surface area contributed by atoms with Crippen molar-refractivity contribution in [2.24, 2.45) is 0 Å². The molecule has 0 spiro atoms. The van der Waals surface area contributed by atoms with E-state index >= 15 is 0 Å². The molecule has 4 aromatic rings. The molecule has 37 heavy (non-hydrogen) atoms. The Morgan fingerprint density at radius 1 is 1.03 bits per heavy atom. The SMILES string of the molecule is CCCCc1ccc(NC(=O)C(C#N)=Cc2cn(Cc3cccc(C(F)(F)F)c3)c3ccccc23)cc1. The number of carbonyl (C=O) groups excluding carboxylic acids is 1. The predicted molar refractivity (Wildman–Crippen MR) is 140 cm³/mol. The standard InChI is InChI=1S/C30H26F3N3O/c1-2-3-7-21-12-14-26(15-13-21)35-29(37)23(18-34)17-24-20-36(28-11-5-4-10-27(24)28)19-22-8-6-9-25(16-22)30(31,32)33/h4-6,8-17,20H,2-3,7,19H2,1H3,(H,35,37). The van der Waals surface area contributed by atoms with Gasteiger partial charge in [0.25, 0.3) is 5.91 Å². The molecule has 7 heteroatoms. The second-order valence-electron chi connectivity index (χ2n) is 8.85. The lowest BCUT2D eigenvalue weighted by Crippen LogP contribution is -2.13. The van der Waals surface area contributed by atoms with Crippen LogP contribution in [-0.2, 0) is 23.9 Å². The summed E-state index contributed by atoms with van der Waals surface area (Å²) in [6, 6.07) is 22.1. The summed E-state index contributed by atoms with van der Waals surface area (Å²) in [6.07, 6.45) is 2.00. The molecular weight excluding hydrogens is 475 g/mol. The van der Waals surface area contributed by atoms with Gasteiger partial charge in [-0.05, 0) is 60.4 Å². The number of anilines is 1. The number of benzene rings is 3. The predicted octanol–water partition coefficient (Wildman–Crippen LogP) is 7.60. The first kappa shape index (κ1) is 25.8. The molecule has 4 nitrogen and oxygen atoms in total. The number of unbranched alkanes of at least 4 members (excludes halogenated alkanes) is 1. The van der Waals surface area contributed by atoms with Crippen LogP contribution in [0.15, 0.2) is 84.6 Å². The molecule has 4 rings (SSSR count). The molecule has 3 aromatic carbocycles. The average molecular weight is 502 g/mol. The number of nitrogens with one attached hydrogen (secondary N) is 1. The molecule has 0 unspecified atom stereocenters. The van der Waals surface area contributed by atoms with Crippen LogP contribution in [0.2, 0.25) is 0 Å². The van der Waals surface area contributed by atoms with Gasteiger partial charge >= 0.3 is 6.18 Å². The Labute approximate surface area is 213 Å². The second-order valence-corrected chi connectivity index (χ2v) is 8.85. The van der Waals surface area contributed by atoms with Crippen LogP contribution in [0.4, 0.5) is 18.9 Å². The van der Waals surface area contributed by atoms with Crippen molar-refractivity contribution < 1.29 is 18.0 Å². The topological polar surface area (TPSA) is 57.8 Å².